The third-order valence-corrected chi connectivity index (χ3v) is 3.72. The van der Waals surface area contributed by atoms with Gasteiger partial charge in [0.25, 0.3) is 0 Å². The van der Waals surface area contributed by atoms with Crippen molar-refractivity contribution in [2.45, 2.75) is 39.2 Å². The normalized spacial score (nSPS) is 12.5. The summed E-state index contributed by atoms with van der Waals surface area (Å²) < 4.78 is 6.40. The van der Waals surface area contributed by atoms with E-state index in [1.807, 2.05) is 12.1 Å². The van der Waals surface area contributed by atoms with E-state index in [1.54, 1.807) is 7.11 Å². The lowest BCUT2D eigenvalue weighted by Crippen LogP contribution is -2.21. The van der Waals surface area contributed by atoms with Gasteiger partial charge in [-0.05, 0) is 41.0 Å². The van der Waals surface area contributed by atoms with E-state index in [0.717, 1.165) is 33.8 Å². The zero-order valence-electron chi connectivity index (χ0n) is 11.2. The number of hydrogen-bond acceptors (Lipinski definition) is 2. The molecule has 0 radical (unpaired) electrons. The molecule has 0 fully saturated rings. The number of halogens is 2. The van der Waals surface area contributed by atoms with Crippen LogP contribution in [-0.2, 0) is 0 Å². The SMILES string of the molecule is CCCCC(NCC)c1cc(Cl)cc(Br)c1OC. The van der Waals surface area contributed by atoms with Gasteiger partial charge < -0.3 is 10.1 Å². The second-order valence-electron chi connectivity index (χ2n) is 4.26. The molecule has 0 saturated heterocycles. The molecule has 1 unspecified atom stereocenters. The maximum absolute atomic E-state index is 6.14. The molecule has 1 atom stereocenters. The fourth-order valence-electron chi connectivity index (χ4n) is 2.08. The minimum absolute atomic E-state index is 0.292. The first-order valence-corrected chi connectivity index (χ1v) is 7.57. The number of methoxy groups -OCH3 is 1. The van der Waals surface area contributed by atoms with Crippen LogP contribution in [0.25, 0.3) is 0 Å². The molecule has 1 rings (SSSR count). The van der Waals surface area contributed by atoms with Crippen molar-refractivity contribution in [3.8, 4) is 5.75 Å². The summed E-state index contributed by atoms with van der Waals surface area (Å²) in [7, 11) is 1.69. The summed E-state index contributed by atoms with van der Waals surface area (Å²) >= 11 is 9.65. The molecular formula is C14H21BrClNO. The average molecular weight is 335 g/mol. The van der Waals surface area contributed by atoms with Crippen LogP contribution in [-0.4, -0.2) is 13.7 Å². The molecule has 1 aromatic rings. The van der Waals surface area contributed by atoms with E-state index < -0.39 is 0 Å². The van der Waals surface area contributed by atoms with Crippen LogP contribution in [0.1, 0.15) is 44.7 Å². The molecule has 0 aromatic heterocycles. The zero-order chi connectivity index (χ0) is 13.5. The first-order valence-electron chi connectivity index (χ1n) is 6.40. The summed E-state index contributed by atoms with van der Waals surface area (Å²) in [4.78, 5) is 0. The standard InChI is InChI=1S/C14H21BrClNO/c1-4-6-7-13(17-5-2)11-8-10(16)9-12(15)14(11)18-3/h8-9,13,17H,4-7H2,1-3H3. The van der Waals surface area contributed by atoms with Crippen LogP contribution in [0.3, 0.4) is 0 Å². The molecule has 0 saturated carbocycles. The van der Waals surface area contributed by atoms with E-state index in [4.69, 9.17) is 16.3 Å². The summed E-state index contributed by atoms with van der Waals surface area (Å²) in [6.07, 6.45) is 3.46. The largest absolute Gasteiger partial charge is 0.495 e. The van der Waals surface area contributed by atoms with E-state index in [0.29, 0.717) is 6.04 Å². The first kappa shape index (κ1) is 15.8. The van der Waals surface area contributed by atoms with Gasteiger partial charge in [-0.2, -0.15) is 0 Å². The van der Waals surface area contributed by atoms with Crippen molar-refractivity contribution in [2.75, 3.05) is 13.7 Å². The third-order valence-electron chi connectivity index (χ3n) is 2.91. The molecule has 2 nitrogen and oxygen atoms in total. The molecule has 0 amide bonds. The Morgan fingerprint density at radius 2 is 2.11 bits per heavy atom. The van der Waals surface area contributed by atoms with E-state index in [9.17, 15) is 0 Å². The van der Waals surface area contributed by atoms with Crippen LogP contribution in [0.2, 0.25) is 5.02 Å². The van der Waals surface area contributed by atoms with Crippen molar-refractivity contribution in [2.24, 2.45) is 0 Å². The Balaban J connectivity index is 3.08. The van der Waals surface area contributed by atoms with Crippen molar-refractivity contribution in [3.05, 3.63) is 27.2 Å². The summed E-state index contributed by atoms with van der Waals surface area (Å²) in [6, 6.07) is 4.15. The second kappa shape index (κ2) is 8.03. The number of rotatable bonds is 7. The molecule has 18 heavy (non-hydrogen) atoms. The van der Waals surface area contributed by atoms with Gasteiger partial charge in [-0.3, -0.25) is 0 Å². The van der Waals surface area contributed by atoms with Crippen molar-refractivity contribution >= 4 is 27.5 Å². The molecule has 4 heteroatoms. The van der Waals surface area contributed by atoms with Gasteiger partial charge >= 0.3 is 0 Å². The Bertz CT molecular complexity index is 384. The van der Waals surface area contributed by atoms with E-state index in [2.05, 4.69) is 35.1 Å². The maximum Gasteiger partial charge on any atom is 0.137 e. The van der Waals surface area contributed by atoms with Crippen LogP contribution in [0.15, 0.2) is 16.6 Å². The Morgan fingerprint density at radius 3 is 2.67 bits per heavy atom. The molecule has 102 valence electrons. The fraction of sp³-hybridized carbons (Fsp3) is 0.571. The predicted octanol–water partition coefficient (Wildman–Crippen LogP) is 4.95. The summed E-state index contributed by atoms with van der Waals surface area (Å²) in [5, 5.41) is 4.24. The molecule has 0 aliphatic heterocycles. The Kier molecular flexibility index (Phi) is 7.05. The van der Waals surface area contributed by atoms with Crippen molar-refractivity contribution < 1.29 is 4.74 Å². The first-order chi connectivity index (χ1) is 8.63. The number of unbranched alkanes of at least 4 members (excludes halogenated alkanes) is 1. The molecule has 0 bridgehead atoms. The highest BCUT2D eigenvalue weighted by atomic mass is 79.9. The monoisotopic (exact) mass is 333 g/mol. The molecule has 1 aromatic carbocycles. The van der Waals surface area contributed by atoms with Crippen LogP contribution in [0.5, 0.6) is 5.75 Å². The Hall–Kier alpha value is -0.250. The summed E-state index contributed by atoms with van der Waals surface area (Å²) in [5.41, 5.74) is 1.13. The quantitative estimate of drug-likeness (QED) is 0.761. The summed E-state index contributed by atoms with van der Waals surface area (Å²) in [5.74, 6) is 0.876. The highest BCUT2D eigenvalue weighted by molar-refractivity contribution is 9.10. The molecule has 0 spiro atoms. The van der Waals surface area contributed by atoms with Gasteiger partial charge in [0.05, 0.1) is 11.6 Å². The number of nitrogens with one attached hydrogen (secondary N) is 1. The van der Waals surface area contributed by atoms with Crippen LogP contribution >= 0.6 is 27.5 Å². The van der Waals surface area contributed by atoms with Crippen LogP contribution in [0, 0.1) is 0 Å². The van der Waals surface area contributed by atoms with E-state index in [1.165, 1.54) is 12.8 Å². The van der Waals surface area contributed by atoms with Gasteiger partial charge in [0, 0.05) is 16.6 Å². The molecule has 1 N–H and O–H groups in total. The summed E-state index contributed by atoms with van der Waals surface area (Å²) in [6.45, 7) is 5.25. The van der Waals surface area contributed by atoms with Gasteiger partial charge in [-0.15, -0.1) is 0 Å². The number of benzene rings is 1. The fourth-order valence-corrected chi connectivity index (χ4v) is 3.07. The van der Waals surface area contributed by atoms with Crippen LogP contribution < -0.4 is 10.1 Å². The van der Waals surface area contributed by atoms with Gasteiger partial charge in [-0.25, -0.2) is 0 Å². The van der Waals surface area contributed by atoms with Gasteiger partial charge in [0.2, 0.25) is 0 Å². The van der Waals surface area contributed by atoms with Gasteiger partial charge in [0.15, 0.2) is 0 Å². The zero-order valence-corrected chi connectivity index (χ0v) is 13.6. The molecule has 0 aliphatic carbocycles. The van der Waals surface area contributed by atoms with E-state index in [-0.39, 0.29) is 0 Å². The van der Waals surface area contributed by atoms with E-state index >= 15 is 0 Å². The predicted molar refractivity (Wildman–Crippen MR) is 81.6 cm³/mol. The third kappa shape index (κ3) is 4.15. The topological polar surface area (TPSA) is 21.3 Å². The molecule has 0 heterocycles. The minimum atomic E-state index is 0.292. The van der Waals surface area contributed by atoms with Crippen molar-refractivity contribution in [1.29, 1.82) is 0 Å². The Labute approximate surface area is 123 Å². The Morgan fingerprint density at radius 1 is 1.39 bits per heavy atom. The van der Waals surface area contributed by atoms with Crippen LogP contribution in [0.4, 0.5) is 0 Å². The second-order valence-corrected chi connectivity index (χ2v) is 5.55. The lowest BCUT2D eigenvalue weighted by atomic mass is 10.00. The lowest BCUT2D eigenvalue weighted by molar-refractivity contribution is 0.391. The van der Waals surface area contributed by atoms with Crippen molar-refractivity contribution in [1.82, 2.24) is 5.32 Å². The van der Waals surface area contributed by atoms with Gasteiger partial charge in [-0.1, -0.05) is 38.3 Å². The number of ether oxygens (including phenoxy) is 1. The van der Waals surface area contributed by atoms with Crippen molar-refractivity contribution in [3.63, 3.8) is 0 Å². The highest BCUT2D eigenvalue weighted by Gasteiger charge is 2.18. The smallest absolute Gasteiger partial charge is 0.137 e. The molecular weight excluding hydrogens is 314 g/mol. The highest BCUT2D eigenvalue weighted by Crippen LogP contribution is 2.37. The van der Waals surface area contributed by atoms with Gasteiger partial charge in [0.1, 0.15) is 5.75 Å². The number of hydrogen-bond donors (Lipinski definition) is 1. The minimum Gasteiger partial charge on any atom is -0.495 e. The molecule has 0 aliphatic rings. The maximum atomic E-state index is 6.14. The lowest BCUT2D eigenvalue weighted by Gasteiger charge is -2.21. The average Bonchev–Trinajstić information content (AvgIpc) is 2.33.